The molecule has 1 atom stereocenters. The molecule has 12 heteroatoms. The minimum Gasteiger partial charge on any atom is -0.790 e. The van der Waals surface area contributed by atoms with Crippen LogP contribution in [0.3, 0.4) is 0 Å². The van der Waals surface area contributed by atoms with Gasteiger partial charge in [0.1, 0.15) is 6.04 Å². The molecule has 0 saturated carbocycles. The number of nitroso groups, excluding NO2 is 1. The number of rotatable bonds is 11. The van der Waals surface area contributed by atoms with Gasteiger partial charge < -0.3 is 43.2 Å². The fourth-order valence-electron chi connectivity index (χ4n) is 7.48. The molecule has 10 nitrogen and oxygen atoms in total. The third kappa shape index (κ3) is 9.85. The molecular formula is C42H54N6O4RuS. The Bertz CT molecular complexity index is 1910. The molecule has 0 aliphatic carbocycles. The van der Waals surface area contributed by atoms with Gasteiger partial charge in [0.2, 0.25) is 5.91 Å². The van der Waals surface area contributed by atoms with E-state index in [4.69, 9.17) is 30.4 Å². The van der Waals surface area contributed by atoms with E-state index >= 15 is 0 Å². The molecule has 0 saturated heterocycles. The molecular weight excluding hydrogens is 786 g/mol. The van der Waals surface area contributed by atoms with Gasteiger partial charge in [-0.15, -0.1) is 27.8 Å². The summed E-state index contributed by atoms with van der Waals surface area (Å²) >= 11 is 4.62. The number of carbonyl (C=O) groups is 2. The molecule has 0 radical (unpaired) electrons. The van der Waals surface area contributed by atoms with Gasteiger partial charge in [0, 0.05) is 6.92 Å². The number of aromatic nitrogens is 4. The smallest absolute Gasteiger partial charge is 0.790 e. The number of fused-ring (bicyclic) bond motifs is 8. The molecule has 2 aliphatic rings. The van der Waals surface area contributed by atoms with Gasteiger partial charge in [0.25, 0.3) is 0 Å². The normalized spacial score (nSPS) is 12.6. The zero-order valence-corrected chi connectivity index (χ0v) is 35.9. The number of amides is 1. The molecule has 5 rings (SSSR count). The summed E-state index contributed by atoms with van der Waals surface area (Å²) in [6.07, 6.45) is 7.60. The zero-order chi connectivity index (χ0) is 39.4. The van der Waals surface area contributed by atoms with Crippen molar-refractivity contribution in [2.24, 2.45) is 0 Å². The maximum atomic E-state index is 10.8. The van der Waals surface area contributed by atoms with Crippen LogP contribution in [0, 0.1) is 4.91 Å². The van der Waals surface area contributed by atoms with Gasteiger partial charge in [-0.2, -0.15) is 0 Å². The monoisotopic (exact) mass is 840 g/mol. The summed E-state index contributed by atoms with van der Waals surface area (Å²) in [4.78, 5) is 49.5. The van der Waals surface area contributed by atoms with Crippen molar-refractivity contribution in [3.8, 4) is 0 Å². The van der Waals surface area contributed by atoms with Crippen molar-refractivity contribution in [3.63, 3.8) is 0 Å². The standard InChI is InChI=1S/C36H44N4.C6H11NO3S.NO.Ru/c1-9-21-22(10-2)30-18-32-25(13-5)26(14-6)34(39-32)20-36-28(16-8)27(15-7)35(40-36)19-33-24(12-4)23(11-3)31(38-33)17-29(21)37-30;1-4(8)7-5(3-11)6(9)10-2;1-2;/h17-20H,9-16H2,1-8H3;5,11H,3H2,1-2H3,(H,7,8);;/q-2;;-1;+4/p-1/t;5-;;/m.0../s1. The molecule has 0 unspecified atom stereocenters. The van der Waals surface area contributed by atoms with Crippen LogP contribution in [-0.2, 0) is 72.1 Å². The Hall–Kier alpha value is -3.89. The second kappa shape index (κ2) is 21.9. The number of esters is 1. The first-order valence-corrected chi connectivity index (χ1v) is 19.4. The largest absolute Gasteiger partial charge is 4.00 e. The van der Waals surface area contributed by atoms with Crippen LogP contribution in [0.2, 0.25) is 0 Å². The molecule has 0 aromatic carbocycles. The molecule has 1 amide bonds. The van der Waals surface area contributed by atoms with E-state index in [2.05, 4.69) is 102 Å². The van der Waals surface area contributed by atoms with Gasteiger partial charge in [0.05, 0.1) is 29.9 Å². The number of carbonyl (C=O) groups excluding carboxylic acids is 2. The Morgan fingerprint density at radius 1 is 0.630 bits per heavy atom. The van der Waals surface area contributed by atoms with Gasteiger partial charge in [0.15, 0.2) is 0 Å². The predicted molar refractivity (Wildman–Crippen MR) is 220 cm³/mol. The van der Waals surface area contributed by atoms with Crippen molar-refractivity contribution < 1.29 is 33.8 Å². The van der Waals surface area contributed by atoms with Crippen LogP contribution in [-0.4, -0.2) is 40.7 Å². The van der Waals surface area contributed by atoms with Gasteiger partial charge in [-0.05, 0) is 79.7 Å². The molecule has 3 aromatic heterocycles. The molecule has 290 valence electrons. The number of hydrogen-bond donors (Lipinski definition) is 1. The summed E-state index contributed by atoms with van der Waals surface area (Å²) in [6, 6.07) is 8.29. The number of hydrogen-bond acceptors (Lipinski definition) is 7. The zero-order valence-electron chi connectivity index (χ0n) is 33.4. The average Bonchev–Trinajstić information content (AvgIpc) is 3.89. The third-order valence-electron chi connectivity index (χ3n) is 9.85. The van der Waals surface area contributed by atoms with Crippen LogP contribution < -0.4 is 15.3 Å². The molecule has 0 fully saturated rings. The quantitative estimate of drug-likeness (QED) is 0.114. The molecule has 5 heterocycles. The van der Waals surface area contributed by atoms with Crippen LogP contribution >= 0.6 is 0 Å². The van der Waals surface area contributed by atoms with Gasteiger partial charge in [-0.1, -0.05) is 95.8 Å². The Labute approximate surface area is 338 Å². The minimum absolute atomic E-state index is 0. The van der Waals surface area contributed by atoms with Crippen molar-refractivity contribution in [1.82, 2.24) is 25.3 Å². The van der Waals surface area contributed by atoms with E-state index in [1.165, 1.54) is 58.6 Å². The second-order valence-corrected chi connectivity index (χ2v) is 13.0. The number of methoxy groups -OCH3 is 1. The summed E-state index contributed by atoms with van der Waals surface area (Å²) in [6.45, 7) is 19.3. The van der Waals surface area contributed by atoms with E-state index in [9.17, 15) is 9.59 Å². The van der Waals surface area contributed by atoms with E-state index in [-0.39, 0.29) is 31.1 Å². The number of nitrogens with one attached hydrogen (secondary N) is 1. The molecule has 54 heavy (non-hydrogen) atoms. The summed E-state index contributed by atoms with van der Waals surface area (Å²) in [7, 11) is 1.25. The SMILES string of the molecule is CCC1=C(CC)c2cc3[n-]c(cc4[n-]c(cc5nc(cc1n2)C(CC)=C5CC)c(CC)c4CC)c(CC)c3CC.COC(=O)[C@H](C[S-])NC(C)=O.[N-]=O.[Ru+4]. The van der Waals surface area contributed by atoms with E-state index in [1.807, 2.05) is 0 Å². The molecule has 3 aromatic rings. The summed E-state index contributed by atoms with van der Waals surface area (Å²) in [5.41, 5.74) is 24.9. The number of allylic oxidation sites excluding steroid dienone is 4. The summed E-state index contributed by atoms with van der Waals surface area (Å²) in [5.74, 6) is -0.660. The number of aryl methyl sites for hydroxylation is 4. The predicted octanol–water partition coefficient (Wildman–Crippen LogP) is 8.81. The van der Waals surface area contributed by atoms with Gasteiger partial charge in [-0.25, -0.2) is 14.8 Å². The fraction of sp³-hybridized carbons (Fsp3) is 0.476. The first-order valence-electron chi connectivity index (χ1n) is 18.8. The fourth-order valence-corrected chi connectivity index (χ4v) is 7.70. The van der Waals surface area contributed by atoms with Crippen LogP contribution in [0.4, 0.5) is 0 Å². The van der Waals surface area contributed by atoms with Crippen molar-refractivity contribution in [2.45, 2.75) is 120 Å². The Morgan fingerprint density at radius 2 is 0.944 bits per heavy atom. The first kappa shape index (κ1) is 46.3. The number of ether oxygens (including phenoxy) is 1. The van der Waals surface area contributed by atoms with Crippen molar-refractivity contribution in [3.05, 3.63) is 79.8 Å². The molecule has 1 N–H and O–H groups in total. The van der Waals surface area contributed by atoms with Crippen LogP contribution in [0.5, 0.6) is 0 Å². The Balaban J connectivity index is 0.000000622. The molecule has 8 bridgehead atoms. The van der Waals surface area contributed by atoms with Crippen molar-refractivity contribution in [1.29, 1.82) is 0 Å². The van der Waals surface area contributed by atoms with Crippen LogP contribution in [0.1, 0.15) is 133 Å². The maximum absolute atomic E-state index is 10.8. The van der Waals surface area contributed by atoms with E-state index in [0.717, 1.165) is 96.2 Å². The minimum atomic E-state index is -0.688. The number of nitrogens with zero attached hydrogens (tertiary/aromatic N) is 5. The van der Waals surface area contributed by atoms with Crippen molar-refractivity contribution in [2.75, 3.05) is 12.9 Å². The van der Waals surface area contributed by atoms with Gasteiger partial charge >= 0.3 is 25.4 Å². The molecule has 0 spiro atoms. The Morgan fingerprint density at radius 3 is 1.20 bits per heavy atom. The van der Waals surface area contributed by atoms with Crippen molar-refractivity contribution >= 4 is 68.9 Å². The summed E-state index contributed by atoms with van der Waals surface area (Å²) in [5, 5.41) is 2.36. The van der Waals surface area contributed by atoms with Crippen LogP contribution in [0.15, 0.2) is 24.3 Å². The summed E-state index contributed by atoms with van der Waals surface area (Å²) < 4.78 is 4.38. The Kier molecular flexibility index (Phi) is 18.7. The van der Waals surface area contributed by atoms with Crippen LogP contribution in [0.25, 0.3) is 50.0 Å². The third-order valence-corrected chi connectivity index (χ3v) is 10.2. The van der Waals surface area contributed by atoms with E-state index < -0.39 is 12.0 Å². The van der Waals surface area contributed by atoms with E-state index in [1.54, 1.807) is 0 Å². The average molecular weight is 840 g/mol. The first-order chi connectivity index (χ1) is 25.6. The second-order valence-electron chi connectivity index (χ2n) is 12.7. The van der Waals surface area contributed by atoms with E-state index in [0.29, 0.717) is 0 Å². The maximum Gasteiger partial charge on any atom is 4.00 e. The topological polar surface area (TPSA) is 149 Å². The molecule has 2 aliphatic heterocycles. The van der Waals surface area contributed by atoms with Gasteiger partial charge in [-0.3, -0.25) is 4.79 Å².